The number of hydrogen-bond acceptors (Lipinski definition) is 4. The molecule has 0 fully saturated rings. The number of hydrogen-bond donors (Lipinski definition) is 2. The highest BCUT2D eigenvalue weighted by molar-refractivity contribution is 7.87. The van der Waals surface area contributed by atoms with Crippen LogP contribution in [0.5, 0.6) is 0 Å². The van der Waals surface area contributed by atoms with Gasteiger partial charge in [0.25, 0.3) is 10.2 Å². The number of nitriles is 1. The average Bonchev–Trinajstić information content (AvgIpc) is 2.13. The minimum atomic E-state index is -3.71. The van der Waals surface area contributed by atoms with E-state index in [1.54, 1.807) is 6.92 Å². The molecule has 16 heavy (non-hydrogen) atoms. The zero-order valence-corrected chi connectivity index (χ0v) is 9.99. The van der Waals surface area contributed by atoms with E-state index in [2.05, 4.69) is 4.72 Å². The van der Waals surface area contributed by atoms with Crippen LogP contribution in [0.4, 0.5) is 0 Å². The molecule has 0 aliphatic heterocycles. The van der Waals surface area contributed by atoms with Crippen LogP contribution in [0, 0.1) is 11.3 Å². The van der Waals surface area contributed by atoms with Gasteiger partial charge in [0.15, 0.2) is 0 Å². The van der Waals surface area contributed by atoms with E-state index in [1.807, 2.05) is 6.07 Å². The zero-order valence-electron chi connectivity index (χ0n) is 9.17. The first kappa shape index (κ1) is 14.8. The topological polar surface area (TPSA) is 111 Å². The second kappa shape index (κ2) is 6.42. The van der Waals surface area contributed by atoms with Gasteiger partial charge < -0.3 is 5.11 Å². The van der Waals surface area contributed by atoms with Crippen LogP contribution < -0.4 is 4.72 Å². The normalized spacial score (nSPS) is 13.4. The Balaban J connectivity index is 4.32. The smallest absolute Gasteiger partial charge is 0.304 e. The number of rotatable bonds is 7. The maximum Gasteiger partial charge on any atom is 0.304 e. The monoisotopic (exact) mass is 249 g/mol. The molecule has 0 rings (SSSR count). The van der Waals surface area contributed by atoms with Crippen molar-refractivity contribution in [3.8, 4) is 6.07 Å². The summed E-state index contributed by atoms with van der Waals surface area (Å²) in [5.74, 6) is -1.06. The molecule has 0 saturated heterocycles. The van der Waals surface area contributed by atoms with Crippen molar-refractivity contribution >= 4 is 16.2 Å². The minimum Gasteiger partial charge on any atom is -0.481 e. The summed E-state index contributed by atoms with van der Waals surface area (Å²) < 4.78 is 26.3. The van der Waals surface area contributed by atoms with Gasteiger partial charge in [-0.3, -0.25) is 4.79 Å². The van der Waals surface area contributed by atoms with Gasteiger partial charge >= 0.3 is 5.97 Å². The predicted molar refractivity (Wildman–Crippen MR) is 56.6 cm³/mol. The molecule has 0 bridgehead atoms. The SMILES string of the molecule is CC(CC#N)NS(=O)(=O)N(C)CCC(=O)O. The van der Waals surface area contributed by atoms with Crippen molar-refractivity contribution in [2.24, 2.45) is 0 Å². The highest BCUT2D eigenvalue weighted by Gasteiger charge is 2.20. The van der Waals surface area contributed by atoms with Crippen molar-refractivity contribution in [3.05, 3.63) is 0 Å². The first-order chi connectivity index (χ1) is 7.29. The largest absolute Gasteiger partial charge is 0.481 e. The standard InChI is InChI=1S/C8H15N3O4S/c1-7(3-5-9)10-16(14,15)11(2)6-4-8(12)13/h7,10H,3-4,6H2,1-2H3,(H,12,13). The van der Waals surface area contributed by atoms with E-state index >= 15 is 0 Å². The van der Waals surface area contributed by atoms with Crippen LogP contribution >= 0.6 is 0 Å². The van der Waals surface area contributed by atoms with E-state index in [9.17, 15) is 13.2 Å². The van der Waals surface area contributed by atoms with Crippen LogP contribution in [0.15, 0.2) is 0 Å². The van der Waals surface area contributed by atoms with E-state index in [1.165, 1.54) is 7.05 Å². The summed E-state index contributed by atoms with van der Waals surface area (Å²) in [6.45, 7) is 1.45. The van der Waals surface area contributed by atoms with Gasteiger partial charge in [0.1, 0.15) is 0 Å². The lowest BCUT2D eigenvalue weighted by Gasteiger charge is -2.19. The van der Waals surface area contributed by atoms with Gasteiger partial charge in [-0.15, -0.1) is 0 Å². The van der Waals surface area contributed by atoms with Gasteiger partial charge in [0.05, 0.1) is 18.9 Å². The lowest BCUT2D eigenvalue weighted by Crippen LogP contribution is -2.43. The molecular formula is C8H15N3O4S. The van der Waals surface area contributed by atoms with Gasteiger partial charge in [-0.2, -0.15) is 22.7 Å². The molecule has 0 amide bonds. The molecule has 0 saturated carbocycles. The van der Waals surface area contributed by atoms with Crippen molar-refractivity contribution in [2.45, 2.75) is 25.8 Å². The van der Waals surface area contributed by atoms with E-state index in [-0.39, 0.29) is 19.4 Å². The van der Waals surface area contributed by atoms with Crippen molar-refractivity contribution < 1.29 is 18.3 Å². The Bertz CT molecular complexity index is 373. The van der Waals surface area contributed by atoms with Crippen LogP contribution in [0.3, 0.4) is 0 Å². The molecule has 0 aromatic rings. The third-order valence-electron chi connectivity index (χ3n) is 1.80. The summed E-state index contributed by atoms with van der Waals surface area (Å²) in [5, 5.41) is 16.8. The summed E-state index contributed by atoms with van der Waals surface area (Å²) in [5.41, 5.74) is 0. The van der Waals surface area contributed by atoms with Crippen LogP contribution in [0.25, 0.3) is 0 Å². The number of nitrogens with zero attached hydrogens (tertiary/aromatic N) is 2. The molecule has 7 nitrogen and oxygen atoms in total. The van der Waals surface area contributed by atoms with Crippen molar-refractivity contribution in [1.29, 1.82) is 5.26 Å². The molecule has 1 atom stereocenters. The van der Waals surface area contributed by atoms with Crippen molar-refractivity contribution in [1.82, 2.24) is 9.03 Å². The Hall–Kier alpha value is -1.17. The summed E-state index contributed by atoms with van der Waals surface area (Å²) in [6, 6.07) is 1.34. The summed E-state index contributed by atoms with van der Waals surface area (Å²) >= 11 is 0. The third-order valence-corrected chi connectivity index (χ3v) is 3.50. The fourth-order valence-electron chi connectivity index (χ4n) is 0.896. The highest BCUT2D eigenvalue weighted by atomic mass is 32.2. The maximum absolute atomic E-state index is 11.5. The Morgan fingerprint density at radius 1 is 1.62 bits per heavy atom. The highest BCUT2D eigenvalue weighted by Crippen LogP contribution is 1.99. The minimum absolute atomic E-state index is 0.0615. The molecule has 0 aliphatic rings. The number of nitrogens with one attached hydrogen (secondary N) is 1. The molecule has 92 valence electrons. The van der Waals surface area contributed by atoms with Crippen LogP contribution in [-0.2, 0) is 15.0 Å². The second-order valence-electron chi connectivity index (χ2n) is 3.35. The molecule has 1 unspecified atom stereocenters. The van der Waals surface area contributed by atoms with Gasteiger partial charge in [-0.05, 0) is 6.92 Å². The van der Waals surface area contributed by atoms with E-state index in [0.29, 0.717) is 0 Å². The second-order valence-corrected chi connectivity index (χ2v) is 5.16. The first-order valence-electron chi connectivity index (χ1n) is 4.62. The third kappa shape index (κ3) is 5.65. The molecule has 0 spiro atoms. The molecule has 0 aromatic heterocycles. The van der Waals surface area contributed by atoms with Gasteiger partial charge in [-0.1, -0.05) is 0 Å². The van der Waals surface area contributed by atoms with E-state index in [0.717, 1.165) is 4.31 Å². The van der Waals surface area contributed by atoms with Crippen molar-refractivity contribution in [3.63, 3.8) is 0 Å². The fraction of sp³-hybridized carbons (Fsp3) is 0.750. The first-order valence-corrected chi connectivity index (χ1v) is 6.06. The molecule has 0 heterocycles. The lowest BCUT2D eigenvalue weighted by atomic mass is 10.3. The van der Waals surface area contributed by atoms with Crippen LogP contribution in [-0.4, -0.2) is 43.4 Å². The quantitative estimate of drug-likeness (QED) is 0.633. The van der Waals surface area contributed by atoms with Gasteiger partial charge in [0, 0.05) is 19.6 Å². The molecule has 8 heteroatoms. The lowest BCUT2D eigenvalue weighted by molar-refractivity contribution is -0.137. The molecule has 0 aliphatic carbocycles. The summed E-state index contributed by atoms with van der Waals surface area (Å²) in [4.78, 5) is 10.3. The summed E-state index contributed by atoms with van der Waals surface area (Å²) in [6.07, 6.45) is -0.198. The molecule has 0 radical (unpaired) electrons. The maximum atomic E-state index is 11.5. The average molecular weight is 249 g/mol. The fourth-order valence-corrected chi connectivity index (χ4v) is 2.00. The van der Waals surface area contributed by atoms with Gasteiger partial charge in [0.2, 0.25) is 0 Å². The number of carboxylic acids is 1. The van der Waals surface area contributed by atoms with Crippen LogP contribution in [0.2, 0.25) is 0 Å². The van der Waals surface area contributed by atoms with Crippen molar-refractivity contribution in [2.75, 3.05) is 13.6 Å². The van der Waals surface area contributed by atoms with E-state index in [4.69, 9.17) is 10.4 Å². The molecular weight excluding hydrogens is 234 g/mol. The Morgan fingerprint density at radius 2 is 2.19 bits per heavy atom. The zero-order chi connectivity index (χ0) is 12.8. The molecule has 0 aromatic carbocycles. The number of aliphatic carboxylic acids is 1. The number of carbonyl (C=O) groups is 1. The summed E-state index contributed by atoms with van der Waals surface area (Å²) in [7, 11) is -2.43. The Kier molecular flexibility index (Phi) is 5.95. The number of carboxylic acid groups (broad SMARTS) is 1. The molecule has 2 N–H and O–H groups in total. The Morgan fingerprint density at radius 3 is 2.62 bits per heavy atom. The Labute approximate surface area is 94.8 Å². The van der Waals surface area contributed by atoms with Gasteiger partial charge in [-0.25, -0.2) is 0 Å². The van der Waals surface area contributed by atoms with E-state index < -0.39 is 22.2 Å². The van der Waals surface area contributed by atoms with Crippen LogP contribution in [0.1, 0.15) is 19.8 Å². The predicted octanol–water partition coefficient (Wildman–Crippen LogP) is -0.471.